The van der Waals surface area contributed by atoms with Crippen LogP contribution in [0.15, 0.2) is 48.5 Å². The SMILES string of the molecule is O=C(/C=C/c1cccc(C(F)(F)F)c1)Nc1ccc(Cl)cc1C(=O)O. The fourth-order valence-corrected chi connectivity index (χ4v) is 2.14. The number of rotatable bonds is 4. The van der Waals surface area contributed by atoms with E-state index in [4.69, 9.17) is 16.7 Å². The molecule has 2 rings (SSSR count). The number of aromatic carboxylic acids is 1. The molecule has 0 unspecified atom stereocenters. The summed E-state index contributed by atoms with van der Waals surface area (Å²) in [4.78, 5) is 23.0. The summed E-state index contributed by atoms with van der Waals surface area (Å²) in [6.45, 7) is 0. The first-order valence-electron chi connectivity index (χ1n) is 6.86. The van der Waals surface area contributed by atoms with Crippen LogP contribution in [0.5, 0.6) is 0 Å². The summed E-state index contributed by atoms with van der Waals surface area (Å²) < 4.78 is 37.9. The summed E-state index contributed by atoms with van der Waals surface area (Å²) in [6.07, 6.45) is -2.28. The first-order chi connectivity index (χ1) is 11.7. The van der Waals surface area contributed by atoms with Gasteiger partial charge in [-0.05, 0) is 42.0 Å². The van der Waals surface area contributed by atoms with Crippen LogP contribution in [-0.4, -0.2) is 17.0 Å². The molecule has 130 valence electrons. The number of hydrogen-bond donors (Lipinski definition) is 2. The lowest BCUT2D eigenvalue weighted by Crippen LogP contribution is -2.12. The number of alkyl halides is 3. The lowest BCUT2D eigenvalue weighted by molar-refractivity contribution is -0.137. The monoisotopic (exact) mass is 369 g/mol. The normalized spacial score (nSPS) is 11.5. The van der Waals surface area contributed by atoms with Gasteiger partial charge in [0.25, 0.3) is 0 Å². The number of halogens is 4. The second kappa shape index (κ2) is 7.40. The van der Waals surface area contributed by atoms with Gasteiger partial charge < -0.3 is 10.4 Å². The van der Waals surface area contributed by atoms with Gasteiger partial charge in [0.15, 0.2) is 0 Å². The molecule has 0 fully saturated rings. The average Bonchev–Trinajstić information content (AvgIpc) is 2.54. The van der Waals surface area contributed by atoms with Gasteiger partial charge >= 0.3 is 12.1 Å². The second-order valence-corrected chi connectivity index (χ2v) is 5.38. The molecule has 0 aliphatic heterocycles. The summed E-state index contributed by atoms with van der Waals surface area (Å²) in [5.41, 5.74) is -0.829. The third-order valence-electron chi connectivity index (χ3n) is 3.11. The van der Waals surface area contributed by atoms with Crippen LogP contribution in [-0.2, 0) is 11.0 Å². The maximum atomic E-state index is 12.6. The van der Waals surface area contributed by atoms with E-state index in [-0.39, 0.29) is 21.8 Å². The third kappa shape index (κ3) is 5.09. The van der Waals surface area contributed by atoms with Crippen molar-refractivity contribution in [2.75, 3.05) is 5.32 Å². The van der Waals surface area contributed by atoms with Crippen LogP contribution in [0.3, 0.4) is 0 Å². The predicted octanol–water partition coefficient (Wildman–Crippen LogP) is 4.71. The highest BCUT2D eigenvalue weighted by Gasteiger charge is 2.30. The Morgan fingerprint density at radius 1 is 1.12 bits per heavy atom. The minimum Gasteiger partial charge on any atom is -0.478 e. The van der Waals surface area contributed by atoms with Crippen LogP contribution < -0.4 is 5.32 Å². The standard InChI is InChI=1S/C17H11ClF3NO3/c18-12-5-6-14(13(9-12)16(24)25)22-15(23)7-4-10-2-1-3-11(8-10)17(19,20)21/h1-9H,(H,22,23)(H,24,25)/b7-4+. The van der Waals surface area contributed by atoms with E-state index in [9.17, 15) is 22.8 Å². The van der Waals surface area contributed by atoms with E-state index < -0.39 is 23.6 Å². The molecule has 25 heavy (non-hydrogen) atoms. The van der Waals surface area contributed by atoms with Crippen LogP contribution in [0.2, 0.25) is 5.02 Å². The quantitative estimate of drug-likeness (QED) is 0.767. The van der Waals surface area contributed by atoms with Crippen molar-refractivity contribution in [1.29, 1.82) is 0 Å². The van der Waals surface area contributed by atoms with E-state index in [1.807, 2.05) is 0 Å². The van der Waals surface area contributed by atoms with E-state index >= 15 is 0 Å². The highest BCUT2D eigenvalue weighted by Crippen LogP contribution is 2.29. The molecule has 4 nitrogen and oxygen atoms in total. The van der Waals surface area contributed by atoms with Gasteiger partial charge in [-0.25, -0.2) is 4.79 Å². The zero-order valence-electron chi connectivity index (χ0n) is 12.5. The molecule has 0 aliphatic rings. The molecule has 2 aromatic carbocycles. The van der Waals surface area contributed by atoms with Crippen molar-refractivity contribution in [2.45, 2.75) is 6.18 Å². The Morgan fingerprint density at radius 2 is 1.84 bits per heavy atom. The van der Waals surface area contributed by atoms with E-state index in [1.54, 1.807) is 0 Å². The van der Waals surface area contributed by atoms with Gasteiger partial charge in [0, 0.05) is 11.1 Å². The fourth-order valence-electron chi connectivity index (χ4n) is 1.97. The number of hydrogen-bond acceptors (Lipinski definition) is 2. The Hall–Kier alpha value is -2.80. The topological polar surface area (TPSA) is 66.4 Å². The van der Waals surface area contributed by atoms with Crippen molar-refractivity contribution in [1.82, 2.24) is 0 Å². The van der Waals surface area contributed by atoms with Crippen molar-refractivity contribution in [2.24, 2.45) is 0 Å². The van der Waals surface area contributed by atoms with Crippen LogP contribution >= 0.6 is 11.6 Å². The number of amides is 1. The Labute approximate surface area is 145 Å². The maximum Gasteiger partial charge on any atom is 0.416 e. The molecule has 0 radical (unpaired) electrons. The molecule has 2 N–H and O–H groups in total. The van der Waals surface area contributed by atoms with Crippen molar-refractivity contribution < 1.29 is 27.9 Å². The lowest BCUT2D eigenvalue weighted by Gasteiger charge is -2.07. The van der Waals surface area contributed by atoms with Gasteiger partial charge in [0.1, 0.15) is 0 Å². The number of carboxylic acid groups (broad SMARTS) is 1. The smallest absolute Gasteiger partial charge is 0.416 e. The molecule has 0 heterocycles. The third-order valence-corrected chi connectivity index (χ3v) is 3.35. The summed E-state index contributed by atoms with van der Waals surface area (Å²) >= 11 is 5.71. The van der Waals surface area contributed by atoms with Crippen molar-refractivity contribution >= 4 is 35.2 Å². The van der Waals surface area contributed by atoms with Crippen molar-refractivity contribution in [3.05, 3.63) is 70.3 Å². The van der Waals surface area contributed by atoms with E-state index in [2.05, 4.69) is 5.32 Å². The van der Waals surface area contributed by atoms with Gasteiger partial charge in [0.05, 0.1) is 16.8 Å². The molecule has 1 amide bonds. The Kier molecular flexibility index (Phi) is 5.48. The Balaban J connectivity index is 2.16. The molecular weight excluding hydrogens is 359 g/mol. The Morgan fingerprint density at radius 3 is 2.48 bits per heavy atom. The number of carbonyl (C=O) groups excluding carboxylic acids is 1. The maximum absolute atomic E-state index is 12.6. The number of benzene rings is 2. The summed E-state index contributed by atoms with van der Waals surface area (Å²) in [7, 11) is 0. The number of nitrogens with one attached hydrogen (secondary N) is 1. The molecular formula is C17H11ClF3NO3. The van der Waals surface area contributed by atoms with E-state index in [0.717, 1.165) is 18.2 Å². The zero-order chi connectivity index (χ0) is 18.6. The van der Waals surface area contributed by atoms with Crippen LogP contribution in [0.25, 0.3) is 6.08 Å². The predicted molar refractivity (Wildman–Crippen MR) is 87.5 cm³/mol. The highest BCUT2D eigenvalue weighted by atomic mass is 35.5. The number of carbonyl (C=O) groups is 2. The largest absolute Gasteiger partial charge is 0.478 e. The van der Waals surface area contributed by atoms with Crippen LogP contribution in [0, 0.1) is 0 Å². The molecule has 2 aromatic rings. The first-order valence-corrected chi connectivity index (χ1v) is 7.24. The minimum absolute atomic E-state index is 0.0237. The van der Waals surface area contributed by atoms with Gasteiger partial charge in [-0.3, -0.25) is 4.79 Å². The van der Waals surface area contributed by atoms with Gasteiger partial charge in [-0.1, -0.05) is 23.7 Å². The first kappa shape index (κ1) is 18.5. The molecule has 0 atom stereocenters. The van der Waals surface area contributed by atoms with Gasteiger partial charge in [-0.15, -0.1) is 0 Å². The highest BCUT2D eigenvalue weighted by molar-refractivity contribution is 6.31. The molecule has 0 saturated heterocycles. The molecule has 0 aliphatic carbocycles. The molecule has 0 bridgehead atoms. The molecule has 8 heteroatoms. The minimum atomic E-state index is -4.48. The summed E-state index contributed by atoms with van der Waals surface area (Å²) in [5, 5.41) is 11.6. The fraction of sp³-hybridized carbons (Fsp3) is 0.0588. The van der Waals surface area contributed by atoms with Gasteiger partial charge in [-0.2, -0.15) is 13.2 Å². The summed E-state index contributed by atoms with van der Waals surface area (Å²) in [5.74, 6) is -1.97. The zero-order valence-corrected chi connectivity index (χ0v) is 13.2. The number of carboxylic acids is 1. The molecule has 0 spiro atoms. The lowest BCUT2D eigenvalue weighted by atomic mass is 10.1. The molecule has 0 aromatic heterocycles. The summed E-state index contributed by atoms with van der Waals surface area (Å²) in [6, 6.07) is 8.35. The van der Waals surface area contributed by atoms with Crippen LogP contribution in [0.4, 0.5) is 18.9 Å². The van der Waals surface area contributed by atoms with Crippen molar-refractivity contribution in [3.8, 4) is 0 Å². The van der Waals surface area contributed by atoms with Crippen molar-refractivity contribution in [3.63, 3.8) is 0 Å². The van der Waals surface area contributed by atoms with E-state index in [0.29, 0.717) is 0 Å². The Bertz CT molecular complexity index is 847. The average molecular weight is 370 g/mol. The van der Waals surface area contributed by atoms with Crippen LogP contribution in [0.1, 0.15) is 21.5 Å². The van der Waals surface area contributed by atoms with E-state index in [1.165, 1.54) is 36.4 Å². The van der Waals surface area contributed by atoms with Gasteiger partial charge in [0.2, 0.25) is 5.91 Å². The second-order valence-electron chi connectivity index (χ2n) is 4.94. The molecule has 0 saturated carbocycles. The number of anilines is 1.